The summed E-state index contributed by atoms with van der Waals surface area (Å²) in [6.45, 7) is 4.84. The van der Waals surface area contributed by atoms with Crippen molar-refractivity contribution in [2.45, 2.75) is 31.9 Å². The zero-order valence-electron chi connectivity index (χ0n) is 19.3. The number of β-amino-alcohol motifs (C(OH)–C–C–N with tert-alkyl or cyclic N) is 1. The van der Waals surface area contributed by atoms with Gasteiger partial charge in [0.05, 0.1) is 5.56 Å². The maximum atomic E-state index is 10.4. The Morgan fingerprint density at radius 3 is 2.68 bits per heavy atom. The molecule has 0 bridgehead atoms. The van der Waals surface area contributed by atoms with Gasteiger partial charge in [0.15, 0.2) is 0 Å². The maximum absolute atomic E-state index is 10.4. The standard InChI is InChI=1S/C27H28N4O3/c1-27(2,31-17-21(32)18-33-25-5-3-4-24-23(25)12-13-29-24)14-19-6-9-22(10-7-19)34-26-11-8-20(15-28)16-30-26/h3-13,16,21,29,31-32H,14,17-18H2,1-2H3/t21-/m1/s1. The highest BCUT2D eigenvalue weighted by molar-refractivity contribution is 5.85. The number of hydrogen-bond donors (Lipinski definition) is 3. The maximum Gasteiger partial charge on any atom is 0.219 e. The van der Waals surface area contributed by atoms with Crippen LogP contribution in [0.25, 0.3) is 10.9 Å². The van der Waals surface area contributed by atoms with Crippen molar-refractivity contribution in [2.24, 2.45) is 0 Å². The van der Waals surface area contributed by atoms with Gasteiger partial charge in [0.1, 0.15) is 30.3 Å². The number of ether oxygens (including phenoxy) is 2. The van der Waals surface area contributed by atoms with E-state index in [0.29, 0.717) is 23.7 Å². The van der Waals surface area contributed by atoms with Gasteiger partial charge >= 0.3 is 0 Å². The van der Waals surface area contributed by atoms with Crippen LogP contribution in [0.5, 0.6) is 17.4 Å². The molecule has 0 fully saturated rings. The van der Waals surface area contributed by atoms with E-state index in [9.17, 15) is 5.11 Å². The third kappa shape index (κ3) is 6.13. The van der Waals surface area contributed by atoms with Gasteiger partial charge in [0, 0.05) is 41.4 Å². The molecule has 174 valence electrons. The highest BCUT2D eigenvalue weighted by atomic mass is 16.5. The average molecular weight is 457 g/mol. The monoisotopic (exact) mass is 456 g/mol. The van der Waals surface area contributed by atoms with Crippen LogP contribution < -0.4 is 14.8 Å². The second kappa shape index (κ2) is 10.4. The second-order valence-corrected chi connectivity index (χ2v) is 8.84. The molecule has 3 N–H and O–H groups in total. The number of benzene rings is 2. The second-order valence-electron chi connectivity index (χ2n) is 8.84. The van der Waals surface area contributed by atoms with Crippen LogP contribution in [-0.2, 0) is 6.42 Å². The van der Waals surface area contributed by atoms with E-state index in [0.717, 1.165) is 28.6 Å². The first-order chi connectivity index (χ1) is 16.4. The number of rotatable bonds is 10. The van der Waals surface area contributed by atoms with Gasteiger partial charge in [-0.1, -0.05) is 18.2 Å². The van der Waals surface area contributed by atoms with Gasteiger partial charge in [0.2, 0.25) is 5.88 Å². The molecule has 0 saturated carbocycles. The summed E-state index contributed by atoms with van der Waals surface area (Å²) in [6.07, 6.45) is 3.50. The molecule has 2 heterocycles. The largest absolute Gasteiger partial charge is 0.490 e. The van der Waals surface area contributed by atoms with Gasteiger partial charge in [-0.25, -0.2) is 4.98 Å². The normalized spacial score (nSPS) is 12.3. The third-order valence-corrected chi connectivity index (χ3v) is 5.46. The van der Waals surface area contributed by atoms with E-state index in [2.05, 4.69) is 29.1 Å². The van der Waals surface area contributed by atoms with E-state index in [1.165, 1.54) is 6.20 Å². The molecule has 4 rings (SSSR count). The van der Waals surface area contributed by atoms with E-state index in [1.54, 1.807) is 12.1 Å². The first-order valence-electron chi connectivity index (χ1n) is 11.2. The summed E-state index contributed by atoms with van der Waals surface area (Å²) in [5.74, 6) is 1.88. The number of H-pyrrole nitrogens is 1. The van der Waals surface area contributed by atoms with Crippen LogP contribution in [-0.4, -0.2) is 39.9 Å². The van der Waals surface area contributed by atoms with Crippen LogP contribution in [0.2, 0.25) is 0 Å². The van der Waals surface area contributed by atoms with E-state index < -0.39 is 6.10 Å². The minimum Gasteiger partial charge on any atom is -0.490 e. The van der Waals surface area contributed by atoms with Crippen LogP contribution in [0.3, 0.4) is 0 Å². The van der Waals surface area contributed by atoms with Gasteiger partial charge < -0.3 is 24.9 Å². The Kier molecular flexibility index (Phi) is 7.12. The molecule has 2 aromatic heterocycles. The Balaban J connectivity index is 1.25. The molecule has 4 aromatic rings. The van der Waals surface area contributed by atoms with Crippen molar-refractivity contribution in [1.29, 1.82) is 5.26 Å². The molecular formula is C27H28N4O3. The smallest absolute Gasteiger partial charge is 0.219 e. The molecule has 0 amide bonds. The van der Waals surface area contributed by atoms with Crippen LogP contribution >= 0.6 is 0 Å². The number of aromatic amines is 1. The van der Waals surface area contributed by atoms with Crippen molar-refractivity contribution in [2.75, 3.05) is 13.2 Å². The minimum atomic E-state index is -0.635. The van der Waals surface area contributed by atoms with Gasteiger partial charge in [-0.2, -0.15) is 5.26 Å². The summed E-state index contributed by atoms with van der Waals surface area (Å²) >= 11 is 0. The van der Waals surface area contributed by atoms with Crippen LogP contribution in [0.4, 0.5) is 0 Å². The molecule has 1 atom stereocenters. The van der Waals surface area contributed by atoms with Crippen molar-refractivity contribution < 1.29 is 14.6 Å². The molecule has 0 unspecified atom stereocenters. The van der Waals surface area contributed by atoms with Crippen LogP contribution in [0, 0.1) is 11.3 Å². The fourth-order valence-corrected chi connectivity index (χ4v) is 3.70. The number of pyridine rings is 1. The zero-order valence-corrected chi connectivity index (χ0v) is 19.3. The number of nitriles is 1. The first-order valence-corrected chi connectivity index (χ1v) is 11.2. The number of fused-ring (bicyclic) bond motifs is 1. The zero-order chi connectivity index (χ0) is 24.0. The van der Waals surface area contributed by atoms with Crippen molar-refractivity contribution >= 4 is 10.9 Å². The summed E-state index contributed by atoms with van der Waals surface area (Å²) in [5, 5.41) is 23.7. The third-order valence-electron chi connectivity index (χ3n) is 5.46. The molecule has 0 saturated heterocycles. The van der Waals surface area contributed by atoms with Gasteiger partial charge in [-0.05, 0) is 62.2 Å². The lowest BCUT2D eigenvalue weighted by Crippen LogP contribution is -2.46. The summed E-state index contributed by atoms with van der Waals surface area (Å²) in [7, 11) is 0. The van der Waals surface area contributed by atoms with Crippen molar-refractivity contribution in [3.05, 3.63) is 84.2 Å². The molecular weight excluding hydrogens is 428 g/mol. The SMILES string of the molecule is CC(C)(Cc1ccc(Oc2ccc(C#N)cn2)cc1)NC[C@@H](O)COc1cccc2[nH]ccc12. The number of nitrogens with zero attached hydrogens (tertiary/aromatic N) is 2. The fourth-order valence-electron chi connectivity index (χ4n) is 3.70. The van der Waals surface area contributed by atoms with Crippen LogP contribution in [0.1, 0.15) is 25.0 Å². The average Bonchev–Trinajstić information content (AvgIpc) is 3.33. The van der Waals surface area contributed by atoms with Gasteiger partial charge in [0.25, 0.3) is 0 Å². The number of aliphatic hydroxyl groups is 1. The first kappa shape index (κ1) is 23.3. The van der Waals surface area contributed by atoms with Crippen LogP contribution in [0.15, 0.2) is 73.1 Å². The Labute approximate surface area is 199 Å². The fraction of sp³-hybridized carbons (Fsp3) is 0.259. The highest BCUT2D eigenvalue weighted by Crippen LogP contribution is 2.25. The summed E-state index contributed by atoms with van der Waals surface area (Å²) < 4.78 is 11.6. The molecule has 0 radical (unpaired) electrons. The van der Waals surface area contributed by atoms with Gasteiger partial charge in [-0.3, -0.25) is 0 Å². The Morgan fingerprint density at radius 2 is 1.94 bits per heavy atom. The molecule has 0 spiro atoms. The lowest BCUT2D eigenvalue weighted by Gasteiger charge is -2.28. The highest BCUT2D eigenvalue weighted by Gasteiger charge is 2.20. The predicted molar refractivity (Wildman–Crippen MR) is 131 cm³/mol. The lowest BCUT2D eigenvalue weighted by atomic mass is 9.94. The van der Waals surface area contributed by atoms with Crippen molar-refractivity contribution in [3.63, 3.8) is 0 Å². The van der Waals surface area contributed by atoms with E-state index >= 15 is 0 Å². The molecule has 7 heteroatoms. The number of nitrogens with one attached hydrogen (secondary N) is 2. The quantitative estimate of drug-likeness (QED) is 0.323. The summed E-state index contributed by atoms with van der Waals surface area (Å²) in [4.78, 5) is 7.28. The molecule has 34 heavy (non-hydrogen) atoms. The Morgan fingerprint density at radius 1 is 1.12 bits per heavy atom. The topological polar surface area (TPSA) is 103 Å². The minimum absolute atomic E-state index is 0.211. The molecule has 0 aliphatic heterocycles. The number of aromatic nitrogens is 2. The van der Waals surface area contributed by atoms with Crippen molar-refractivity contribution in [3.8, 4) is 23.4 Å². The predicted octanol–water partition coefficient (Wildman–Crippen LogP) is 4.58. The van der Waals surface area contributed by atoms with Crippen molar-refractivity contribution in [1.82, 2.24) is 15.3 Å². The molecule has 0 aliphatic carbocycles. The van der Waals surface area contributed by atoms with E-state index in [4.69, 9.17) is 14.7 Å². The Bertz CT molecular complexity index is 1260. The summed E-state index contributed by atoms with van der Waals surface area (Å²) in [5.41, 5.74) is 2.42. The molecule has 0 aliphatic rings. The Hall–Kier alpha value is -3.86. The van der Waals surface area contributed by atoms with E-state index in [1.807, 2.05) is 60.8 Å². The molecule has 2 aromatic carbocycles. The number of hydrogen-bond acceptors (Lipinski definition) is 6. The number of aliphatic hydroxyl groups excluding tert-OH is 1. The van der Waals surface area contributed by atoms with E-state index in [-0.39, 0.29) is 12.1 Å². The van der Waals surface area contributed by atoms with Gasteiger partial charge in [-0.15, -0.1) is 0 Å². The lowest BCUT2D eigenvalue weighted by molar-refractivity contribution is 0.0996. The summed E-state index contributed by atoms with van der Waals surface area (Å²) in [6, 6.07) is 21.0. The molecule has 7 nitrogen and oxygen atoms in total.